The zero-order chi connectivity index (χ0) is 19.3. The van der Waals surface area contributed by atoms with Gasteiger partial charge in [0.1, 0.15) is 11.5 Å². The first-order chi connectivity index (χ1) is 12.9. The lowest BCUT2D eigenvalue weighted by molar-refractivity contribution is -0.122. The van der Waals surface area contributed by atoms with Crippen LogP contribution in [0.1, 0.15) is 23.2 Å². The van der Waals surface area contributed by atoms with E-state index >= 15 is 0 Å². The Labute approximate surface area is 157 Å². The van der Waals surface area contributed by atoms with E-state index in [2.05, 4.69) is 10.9 Å². The van der Waals surface area contributed by atoms with E-state index in [-0.39, 0.29) is 23.8 Å². The van der Waals surface area contributed by atoms with Crippen molar-refractivity contribution in [3.05, 3.63) is 60.2 Å². The minimum atomic E-state index is -3.03. The summed E-state index contributed by atoms with van der Waals surface area (Å²) in [6, 6.07) is 15.7. The van der Waals surface area contributed by atoms with Gasteiger partial charge in [-0.25, -0.2) is 8.42 Å². The van der Waals surface area contributed by atoms with Gasteiger partial charge in [-0.15, -0.1) is 0 Å². The third-order valence-electron chi connectivity index (χ3n) is 4.19. The molecule has 1 fully saturated rings. The van der Waals surface area contributed by atoms with Gasteiger partial charge >= 0.3 is 0 Å². The number of hydrogen-bond donors (Lipinski definition) is 2. The van der Waals surface area contributed by atoms with Crippen molar-refractivity contribution < 1.29 is 22.7 Å². The van der Waals surface area contributed by atoms with E-state index in [9.17, 15) is 18.0 Å². The molecule has 0 aliphatic carbocycles. The summed E-state index contributed by atoms with van der Waals surface area (Å²) in [6.07, 6.45) is 0.541. The molecule has 0 bridgehead atoms. The first-order valence-corrected chi connectivity index (χ1v) is 10.4. The number of hydrogen-bond acceptors (Lipinski definition) is 5. The Balaban J connectivity index is 1.52. The van der Waals surface area contributed by atoms with Gasteiger partial charge in [0.25, 0.3) is 5.91 Å². The van der Waals surface area contributed by atoms with Crippen LogP contribution in [0, 0.1) is 5.92 Å². The highest BCUT2D eigenvalue weighted by Gasteiger charge is 2.29. The van der Waals surface area contributed by atoms with E-state index in [1.807, 2.05) is 18.2 Å². The van der Waals surface area contributed by atoms with E-state index in [1.165, 1.54) is 0 Å². The predicted octanol–water partition coefficient (Wildman–Crippen LogP) is 2.06. The Kier molecular flexibility index (Phi) is 5.75. The molecule has 1 aliphatic heterocycles. The molecule has 2 aromatic carbocycles. The molecule has 1 heterocycles. The molecular formula is C19H20N2O5S. The average molecular weight is 388 g/mol. The van der Waals surface area contributed by atoms with Crippen molar-refractivity contribution in [1.29, 1.82) is 0 Å². The number of nitrogens with one attached hydrogen (secondary N) is 2. The summed E-state index contributed by atoms with van der Waals surface area (Å²) in [5.41, 5.74) is 5.00. The Hall–Kier alpha value is -2.87. The highest BCUT2D eigenvalue weighted by molar-refractivity contribution is 7.91. The van der Waals surface area contributed by atoms with Crippen LogP contribution >= 0.6 is 0 Å². The fourth-order valence-corrected chi connectivity index (χ4v) is 4.73. The molecule has 2 N–H and O–H groups in total. The molecular weight excluding hydrogens is 368 g/mol. The van der Waals surface area contributed by atoms with Crippen molar-refractivity contribution in [1.82, 2.24) is 10.9 Å². The van der Waals surface area contributed by atoms with E-state index in [0.717, 1.165) is 0 Å². The lowest BCUT2D eigenvalue weighted by Crippen LogP contribution is -2.42. The minimum Gasteiger partial charge on any atom is -0.457 e. The highest BCUT2D eigenvalue weighted by atomic mass is 32.2. The van der Waals surface area contributed by atoms with Crippen LogP contribution in [0.25, 0.3) is 0 Å². The van der Waals surface area contributed by atoms with E-state index in [4.69, 9.17) is 4.74 Å². The maximum Gasteiger partial charge on any atom is 0.269 e. The zero-order valence-corrected chi connectivity index (χ0v) is 15.4. The molecule has 7 nitrogen and oxygen atoms in total. The van der Waals surface area contributed by atoms with Gasteiger partial charge in [-0.2, -0.15) is 0 Å². The number of benzene rings is 2. The highest BCUT2D eigenvalue weighted by Crippen LogP contribution is 2.22. The summed E-state index contributed by atoms with van der Waals surface area (Å²) in [5, 5.41) is 0. The Morgan fingerprint density at radius 2 is 1.74 bits per heavy atom. The van der Waals surface area contributed by atoms with Gasteiger partial charge in [-0.1, -0.05) is 24.3 Å². The summed E-state index contributed by atoms with van der Waals surface area (Å²) in [5.74, 6) is 0.183. The zero-order valence-electron chi connectivity index (χ0n) is 14.6. The van der Waals surface area contributed by atoms with Crippen molar-refractivity contribution in [2.45, 2.75) is 12.8 Å². The van der Waals surface area contributed by atoms with Gasteiger partial charge in [0.15, 0.2) is 9.84 Å². The molecule has 0 radical (unpaired) electrons. The summed E-state index contributed by atoms with van der Waals surface area (Å²) in [7, 11) is -3.03. The maximum absolute atomic E-state index is 12.2. The third kappa shape index (κ3) is 5.55. The number of ether oxygens (including phenoxy) is 1. The first-order valence-electron chi connectivity index (χ1n) is 8.54. The van der Waals surface area contributed by atoms with Gasteiger partial charge in [0, 0.05) is 12.0 Å². The SMILES string of the molecule is O=C(C[C@H]1CCS(=O)(=O)C1)NNC(=O)c1cccc(Oc2ccccc2)c1. The maximum atomic E-state index is 12.2. The quantitative estimate of drug-likeness (QED) is 0.764. The van der Waals surface area contributed by atoms with E-state index in [1.54, 1.807) is 36.4 Å². The van der Waals surface area contributed by atoms with Crippen LogP contribution in [0.3, 0.4) is 0 Å². The molecule has 1 aliphatic rings. The Morgan fingerprint density at radius 3 is 2.44 bits per heavy atom. The van der Waals surface area contributed by atoms with Crippen LogP contribution in [0.5, 0.6) is 11.5 Å². The van der Waals surface area contributed by atoms with Crippen LogP contribution in [0.2, 0.25) is 0 Å². The van der Waals surface area contributed by atoms with Crippen LogP contribution in [0.4, 0.5) is 0 Å². The van der Waals surface area contributed by atoms with Crippen LogP contribution in [-0.4, -0.2) is 31.7 Å². The lowest BCUT2D eigenvalue weighted by atomic mass is 10.1. The largest absolute Gasteiger partial charge is 0.457 e. The second kappa shape index (κ2) is 8.22. The predicted molar refractivity (Wildman–Crippen MR) is 99.9 cm³/mol. The number of sulfone groups is 1. The fraction of sp³-hybridized carbons (Fsp3) is 0.263. The van der Waals surface area contributed by atoms with Gasteiger partial charge in [0.2, 0.25) is 5.91 Å². The van der Waals surface area contributed by atoms with Crippen molar-refractivity contribution >= 4 is 21.7 Å². The lowest BCUT2D eigenvalue weighted by Gasteiger charge is -2.11. The van der Waals surface area contributed by atoms with Gasteiger partial charge in [0.05, 0.1) is 11.5 Å². The molecule has 8 heteroatoms. The second-order valence-electron chi connectivity index (χ2n) is 6.42. The molecule has 0 saturated carbocycles. The Morgan fingerprint density at radius 1 is 1.00 bits per heavy atom. The number of para-hydroxylation sites is 1. The molecule has 2 amide bonds. The van der Waals surface area contributed by atoms with Gasteiger partial charge in [-0.3, -0.25) is 20.4 Å². The monoisotopic (exact) mass is 388 g/mol. The fourth-order valence-electron chi connectivity index (χ4n) is 2.87. The normalized spacial score (nSPS) is 17.9. The molecule has 0 spiro atoms. The van der Waals surface area contributed by atoms with Crippen molar-refractivity contribution in [2.75, 3.05) is 11.5 Å². The van der Waals surface area contributed by atoms with Gasteiger partial charge < -0.3 is 4.74 Å². The van der Waals surface area contributed by atoms with E-state index in [0.29, 0.717) is 23.5 Å². The van der Waals surface area contributed by atoms with Crippen LogP contribution in [-0.2, 0) is 14.6 Å². The molecule has 27 heavy (non-hydrogen) atoms. The number of amides is 2. The van der Waals surface area contributed by atoms with Crippen LogP contribution < -0.4 is 15.6 Å². The smallest absolute Gasteiger partial charge is 0.269 e. The van der Waals surface area contributed by atoms with Crippen LogP contribution in [0.15, 0.2) is 54.6 Å². The number of carbonyl (C=O) groups excluding carboxylic acids is 2. The second-order valence-corrected chi connectivity index (χ2v) is 8.65. The molecule has 142 valence electrons. The average Bonchev–Trinajstić information content (AvgIpc) is 2.99. The molecule has 3 rings (SSSR count). The number of carbonyl (C=O) groups is 2. The Bertz CT molecular complexity index is 928. The van der Waals surface area contributed by atoms with Crippen molar-refractivity contribution in [3.63, 3.8) is 0 Å². The topological polar surface area (TPSA) is 102 Å². The number of rotatable bonds is 5. The summed E-state index contributed by atoms with van der Waals surface area (Å²) < 4.78 is 28.5. The molecule has 1 atom stereocenters. The molecule has 0 unspecified atom stereocenters. The third-order valence-corrected chi connectivity index (χ3v) is 6.03. The minimum absolute atomic E-state index is 0.0211. The first kappa shape index (κ1) is 18.9. The van der Waals surface area contributed by atoms with Crippen molar-refractivity contribution in [3.8, 4) is 11.5 Å². The molecule has 2 aromatic rings. The van der Waals surface area contributed by atoms with Crippen molar-refractivity contribution in [2.24, 2.45) is 5.92 Å². The molecule has 1 saturated heterocycles. The standard InChI is InChI=1S/C19H20N2O5S/c22-18(11-14-9-10-27(24,25)13-14)20-21-19(23)15-5-4-8-17(12-15)26-16-6-2-1-3-7-16/h1-8,12,14H,9-11,13H2,(H,20,22)(H,21,23)/t14-/m1/s1. The van der Waals surface area contributed by atoms with Gasteiger partial charge in [-0.05, 0) is 42.7 Å². The van der Waals surface area contributed by atoms with E-state index < -0.39 is 21.7 Å². The summed E-state index contributed by atoms with van der Waals surface area (Å²) in [4.78, 5) is 24.1. The summed E-state index contributed by atoms with van der Waals surface area (Å²) in [6.45, 7) is 0. The molecule has 0 aromatic heterocycles. The number of hydrazine groups is 1. The summed E-state index contributed by atoms with van der Waals surface area (Å²) >= 11 is 0.